The molecule has 0 aromatic rings. The molecule has 1 saturated heterocycles. The third kappa shape index (κ3) is 50.4. The van der Waals surface area contributed by atoms with E-state index in [2.05, 4.69) is 19.2 Å². The Morgan fingerprint density at radius 2 is 0.612 bits per heavy atom. The average Bonchev–Trinajstić information content (AvgIpc) is 3.67. The van der Waals surface area contributed by atoms with Crippen LogP contribution in [0.15, 0.2) is 0 Å². The summed E-state index contributed by atoms with van der Waals surface area (Å²) in [6, 6.07) is -1.16. The molecule has 1 fully saturated rings. The molecule has 0 aromatic carbocycles. The summed E-state index contributed by atoms with van der Waals surface area (Å²) in [4.78, 5) is 13.3. The molecule has 0 aromatic heterocycles. The van der Waals surface area contributed by atoms with E-state index < -0.39 is 74.2 Å². The molecule has 11 heteroatoms. The van der Waals surface area contributed by atoms with Gasteiger partial charge in [0.25, 0.3) is 0 Å². The predicted molar refractivity (Wildman–Crippen MR) is 358 cm³/mol. The van der Waals surface area contributed by atoms with Gasteiger partial charge in [0.2, 0.25) is 5.91 Å². The van der Waals surface area contributed by atoms with Crippen LogP contribution in [0, 0.1) is 0 Å². The zero-order valence-corrected chi connectivity index (χ0v) is 56.4. The van der Waals surface area contributed by atoms with Crippen molar-refractivity contribution >= 4 is 5.91 Å². The standard InChI is InChI=1S/C74H147NO10/c1-3-5-7-9-11-13-15-17-19-21-23-25-26-27-28-29-30-31-32-33-34-35-36-37-38-39-40-41-42-44-46-48-50-52-54-56-58-60-62-67(78)73(83)75-65(64-84-74-72(82)71(81)70(80)68(63-76)85-74)69(79)66(77)61-59-57-55-53-51-49-47-45-43-24-22-20-18-16-14-12-10-8-6-4-2/h65-72,74,76-82H,3-64H2,1-2H3,(H,75,83). The van der Waals surface area contributed by atoms with Crippen molar-refractivity contribution in [3.63, 3.8) is 0 Å². The van der Waals surface area contributed by atoms with E-state index in [0.29, 0.717) is 19.3 Å². The largest absolute Gasteiger partial charge is 0.394 e. The van der Waals surface area contributed by atoms with Gasteiger partial charge in [-0.25, -0.2) is 0 Å². The fraction of sp³-hybridized carbons (Fsp3) is 0.986. The van der Waals surface area contributed by atoms with Crippen LogP contribution in [0.1, 0.15) is 399 Å². The van der Waals surface area contributed by atoms with Crippen molar-refractivity contribution in [3.8, 4) is 0 Å². The highest BCUT2D eigenvalue weighted by Gasteiger charge is 2.44. The van der Waals surface area contributed by atoms with E-state index in [4.69, 9.17) is 9.47 Å². The van der Waals surface area contributed by atoms with Crippen molar-refractivity contribution in [1.29, 1.82) is 0 Å². The van der Waals surface area contributed by atoms with Crippen LogP contribution >= 0.6 is 0 Å². The van der Waals surface area contributed by atoms with Crippen LogP contribution in [-0.2, 0) is 14.3 Å². The maximum atomic E-state index is 13.3. The number of ether oxygens (including phenoxy) is 2. The second kappa shape index (κ2) is 63.3. The van der Waals surface area contributed by atoms with E-state index in [0.717, 1.165) is 38.5 Å². The summed E-state index contributed by atoms with van der Waals surface area (Å²) in [6.07, 6.45) is 66.4. The SMILES string of the molecule is CCCCCCCCCCCCCCCCCCCCCCCCCCCCCCCCCCCCCCCCC(O)C(=O)NC(COC1OC(CO)C(O)C(O)C1O)C(O)C(O)CCCCCCCCCCCCCCCCCCCCCC. The first kappa shape index (κ1) is 82.1. The number of hydrogen-bond acceptors (Lipinski definition) is 10. The van der Waals surface area contributed by atoms with Gasteiger partial charge in [-0.05, 0) is 12.8 Å². The van der Waals surface area contributed by atoms with Crippen LogP contribution in [0.4, 0.5) is 0 Å². The van der Waals surface area contributed by atoms with E-state index in [1.165, 1.54) is 321 Å². The smallest absolute Gasteiger partial charge is 0.249 e. The fourth-order valence-corrected chi connectivity index (χ4v) is 12.9. The zero-order chi connectivity index (χ0) is 61.7. The number of aliphatic hydroxyl groups is 7. The van der Waals surface area contributed by atoms with Gasteiger partial charge >= 0.3 is 0 Å². The van der Waals surface area contributed by atoms with E-state index in [9.17, 15) is 40.5 Å². The van der Waals surface area contributed by atoms with Gasteiger partial charge in [0.1, 0.15) is 36.6 Å². The van der Waals surface area contributed by atoms with Crippen LogP contribution in [0.2, 0.25) is 0 Å². The lowest BCUT2D eigenvalue weighted by Crippen LogP contribution is -2.60. The van der Waals surface area contributed by atoms with Gasteiger partial charge in [-0.2, -0.15) is 0 Å². The highest BCUT2D eigenvalue weighted by molar-refractivity contribution is 5.80. The number of aliphatic hydroxyl groups excluding tert-OH is 7. The van der Waals surface area contributed by atoms with Gasteiger partial charge in [-0.3, -0.25) is 4.79 Å². The van der Waals surface area contributed by atoms with Crippen LogP contribution in [0.3, 0.4) is 0 Å². The molecule has 85 heavy (non-hydrogen) atoms. The Bertz CT molecular complexity index is 1340. The van der Waals surface area contributed by atoms with Gasteiger partial charge in [0.05, 0.1) is 25.4 Å². The first-order chi connectivity index (χ1) is 41.7. The molecule has 11 nitrogen and oxygen atoms in total. The lowest BCUT2D eigenvalue weighted by atomic mass is 9.98. The number of unbranched alkanes of at least 4 members (excludes halogenated alkanes) is 56. The highest BCUT2D eigenvalue weighted by Crippen LogP contribution is 2.24. The minimum atomic E-state index is -1.66. The number of amides is 1. The highest BCUT2D eigenvalue weighted by atomic mass is 16.7. The molecule has 0 aliphatic carbocycles. The Morgan fingerprint density at radius 1 is 0.365 bits per heavy atom. The molecule has 1 amide bonds. The summed E-state index contributed by atoms with van der Waals surface area (Å²) >= 11 is 0. The van der Waals surface area contributed by atoms with Crippen molar-refractivity contribution in [2.75, 3.05) is 13.2 Å². The van der Waals surface area contributed by atoms with Crippen molar-refractivity contribution in [1.82, 2.24) is 5.32 Å². The molecular weight excluding hydrogens is 1060 g/mol. The van der Waals surface area contributed by atoms with E-state index >= 15 is 0 Å². The lowest BCUT2D eigenvalue weighted by molar-refractivity contribution is -0.303. The Morgan fingerprint density at radius 3 is 0.871 bits per heavy atom. The van der Waals surface area contributed by atoms with Gasteiger partial charge in [0, 0.05) is 0 Å². The molecule has 9 atom stereocenters. The normalized spacial score (nSPS) is 18.7. The second-order valence-corrected chi connectivity index (χ2v) is 27.1. The zero-order valence-electron chi connectivity index (χ0n) is 56.4. The minimum Gasteiger partial charge on any atom is -0.394 e. The lowest BCUT2D eigenvalue weighted by Gasteiger charge is -2.40. The average molecular weight is 1210 g/mol. The van der Waals surface area contributed by atoms with Crippen molar-refractivity contribution in [2.24, 2.45) is 0 Å². The molecule has 1 heterocycles. The molecule has 9 unspecified atom stereocenters. The summed E-state index contributed by atoms with van der Waals surface area (Å²) in [5.74, 6) is -0.686. The van der Waals surface area contributed by atoms with Gasteiger partial charge < -0.3 is 50.5 Å². The third-order valence-corrected chi connectivity index (χ3v) is 18.9. The monoisotopic (exact) mass is 1210 g/mol. The van der Waals surface area contributed by atoms with Gasteiger partial charge in [-0.15, -0.1) is 0 Å². The molecule has 8 N–H and O–H groups in total. The summed E-state index contributed by atoms with van der Waals surface area (Å²) in [7, 11) is 0. The van der Waals surface area contributed by atoms with Crippen molar-refractivity contribution in [3.05, 3.63) is 0 Å². The maximum absolute atomic E-state index is 13.3. The molecule has 0 spiro atoms. The van der Waals surface area contributed by atoms with E-state index in [1.54, 1.807) is 0 Å². The number of carbonyl (C=O) groups is 1. The Hall–Kier alpha value is -0.890. The number of carbonyl (C=O) groups excluding carboxylic acids is 1. The predicted octanol–water partition coefficient (Wildman–Crippen LogP) is 18.8. The Balaban J connectivity index is 2.09. The van der Waals surface area contributed by atoms with Crippen LogP contribution in [0.5, 0.6) is 0 Å². The van der Waals surface area contributed by atoms with Crippen molar-refractivity contribution < 1.29 is 50.0 Å². The third-order valence-electron chi connectivity index (χ3n) is 18.9. The van der Waals surface area contributed by atoms with Crippen molar-refractivity contribution in [2.45, 2.75) is 454 Å². The molecule has 0 saturated carbocycles. The topological polar surface area (TPSA) is 189 Å². The van der Waals surface area contributed by atoms with Crippen LogP contribution in [0.25, 0.3) is 0 Å². The summed E-state index contributed by atoms with van der Waals surface area (Å²) < 4.78 is 11.2. The van der Waals surface area contributed by atoms with Crippen LogP contribution < -0.4 is 5.32 Å². The van der Waals surface area contributed by atoms with Crippen LogP contribution in [-0.4, -0.2) is 110 Å². The Kier molecular flexibility index (Phi) is 61.1. The quantitative estimate of drug-likeness (QED) is 0.0272. The first-order valence-electron chi connectivity index (χ1n) is 37.9. The summed E-state index contributed by atoms with van der Waals surface area (Å²) in [5.41, 5.74) is 0. The molecule has 1 aliphatic rings. The number of nitrogens with one attached hydrogen (secondary N) is 1. The summed E-state index contributed by atoms with van der Waals surface area (Å²) in [5, 5.41) is 76.6. The number of hydrogen-bond donors (Lipinski definition) is 8. The molecule has 1 rings (SSSR count). The van der Waals surface area contributed by atoms with Gasteiger partial charge in [-0.1, -0.05) is 386 Å². The maximum Gasteiger partial charge on any atom is 0.249 e. The van der Waals surface area contributed by atoms with E-state index in [1.807, 2.05) is 0 Å². The minimum absolute atomic E-state index is 0.268. The second-order valence-electron chi connectivity index (χ2n) is 27.1. The molecule has 508 valence electrons. The molecule has 0 radical (unpaired) electrons. The first-order valence-corrected chi connectivity index (χ1v) is 37.9. The number of rotatable bonds is 68. The fourth-order valence-electron chi connectivity index (χ4n) is 12.9. The molecular formula is C74H147NO10. The van der Waals surface area contributed by atoms with E-state index in [-0.39, 0.29) is 6.42 Å². The summed E-state index contributed by atoms with van der Waals surface area (Å²) in [6.45, 7) is 3.53. The van der Waals surface area contributed by atoms with Gasteiger partial charge in [0.15, 0.2) is 6.29 Å². The molecule has 0 bridgehead atoms. The molecule has 1 aliphatic heterocycles. The Labute approximate surface area is 526 Å².